The van der Waals surface area contributed by atoms with Gasteiger partial charge < -0.3 is 10.7 Å². The Hall–Kier alpha value is -1.16. The van der Waals surface area contributed by atoms with Gasteiger partial charge in [0.25, 0.3) is 5.56 Å². The first-order valence-electron chi connectivity index (χ1n) is 5.59. The number of hydrogen-bond donors (Lipinski definition) is 2. The Bertz CT molecular complexity index is 380. The minimum atomic E-state index is -0.0163. The van der Waals surface area contributed by atoms with E-state index < -0.39 is 0 Å². The van der Waals surface area contributed by atoms with Crippen LogP contribution < -0.4 is 11.3 Å². The first-order valence-corrected chi connectivity index (χ1v) is 5.59. The highest BCUT2D eigenvalue weighted by molar-refractivity contribution is 5.21. The smallest absolute Gasteiger partial charge is 0.254 e. The van der Waals surface area contributed by atoms with Gasteiger partial charge in [-0.25, -0.2) is 4.98 Å². The van der Waals surface area contributed by atoms with E-state index in [1.54, 1.807) is 0 Å². The number of nitrogens with one attached hydrogen (secondary N) is 1. The van der Waals surface area contributed by atoms with Crippen LogP contribution in [0.1, 0.15) is 42.9 Å². The topological polar surface area (TPSA) is 71.8 Å². The first kappa shape index (κ1) is 10.4. The standard InChI is InChI=1S/C11H17N3O/c12-6-5-9-10(8-3-1-2-4-8)13-7-14-11(9)15/h7-8H,1-6,12H2,(H,13,14,15). The molecule has 0 saturated heterocycles. The molecular formula is C11H17N3O. The molecule has 15 heavy (non-hydrogen) atoms. The van der Waals surface area contributed by atoms with Gasteiger partial charge in [0.1, 0.15) is 0 Å². The van der Waals surface area contributed by atoms with Gasteiger partial charge in [-0.15, -0.1) is 0 Å². The van der Waals surface area contributed by atoms with E-state index in [0.717, 1.165) is 24.1 Å². The van der Waals surface area contributed by atoms with Crippen LogP contribution in [0.5, 0.6) is 0 Å². The molecule has 0 bridgehead atoms. The molecule has 0 atom stereocenters. The summed E-state index contributed by atoms with van der Waals surface area (Å²) in [7, 11) is 0. The number of rotatable bonds is 3. The van der Waals surface area contributed by atoms with Crippen LogP contribution in [0.25, 0.3) is 0 Å². The largest absolute Gasteiger partial charge is 0.330 e. The van der Waals surface area contributed by atoms with Crippen molar-refractivity contribution in [2.24, 2.45) is 5.73 Å². The first-order chi connectivity index (χ1) is 7.33. The molecular weight excluding hydrogens is 190 g/mol. The summed E-state index contributed by atoms with van der Waals surface area (Å²) in [5.41, 5.74) is 7.29. The van der Waals surface area contributed by atoms with E-state index in [9.17, 15) is 4.79 Å². The maximum atomic E-state index is 11.6. The zero-order valence-corrected chi connectivity index (χ0v) is 8.83. The zero-order chi connectivity index (χ0) is 10.7. The van der Waals surface area contributed by atoms with E-state index in [2.05, 4.69) is 9.97 Å². The highest BCUT2D eigenvalue weighted by Crippen LogP contribution is 2.33. The van der Waals surface area contributed by atoms with Crippen molar-refractivity contribution in [1.29, 1.82) is 0 Å². The molecule has 0 aliphatic heterocycles. The van der Waals surface area contributed by atoms with E-state index >= 15 is 0 Å². The second-order valence-electron chi connectivity index (χ2n) is 4.12. The van der Waals surface area contributed by atoms with Crippen molar-refractivity contribution in [2.75, 3.05) is 6.54 Å². The molecule has 4 nitrogen and oxygen atoms in total. The Morgan fingerprint density at radius 1 is 1.47 bits per heavy atom. The Balaban J connectivity index is 2.35. The molecule has 0 unspecified atom stereocenters. The number of aromatic amines is 1. The summed E-state index contributed by atoms with van der Waals surface area (Å²) in [4.78, 5) is 18.6. The molecule has 2 rings (SSSR count). The van der Waals surface area contributed by atoms with Gasteiger partial charge in [-0.05, 0) is 25.8 Å². The third-order valence-electron chi connectivity index (χ3n) is 3.12. The van der Waals surface area contributed by atoms with E-state index in [-0.39, 0.29) is 5.56 Å². The van der Waals surface area contributed by atoms with E-state index in [4.69, 9.17) is 5.73 Å². The highest BCUT2D eigenvalue weighted by Gasteiger charge is 2.22. The van der Waals surface area contributed by atoms with Gasteiger partial charge in [-0.2, -0.15) is 0 Å². The summed E-state index contributed by atoms with van der Waals surface area (Å²) in [6.07, 6.45) is 6.97. The molecule has 1 fully saturated rings. The maximum absolute atomic E-state index is 11.6. The minimum absolute atomic E-state index is 0.0163. The molecule has 1 aliphatic rings. The third kappa shape index (κ3) is 2.09. The van der Waals surface area contributed by atoms with Crippen LogP contribution in [0.4, 0.5) is 0 Å². The molecule has 0 aromatic carbocycles. The molecule has 1 aromatic rings. The van der Waals surface area contributed by atoms with Crippen molar-refractivity contribution in [2.45, 2.75) is 38.0 Å². The molecule has 1 aromatic heterocycles. The molecule has 0 spiro atoms. The van der Waals surface area contributed by atoms with Gasteiger partial charge in [0.15, 0.2) is 0 Å². The van der Waals surface area contributed by atoms with Crippen LogP contribution in [-0.2, 0) is 6.42 Å². The molecule has 3 N–H and O–H groups in total. The summed E-state index contributed by atoms with van der Waals surface area (Å²) in [6.45, 7) is 0.508. The van der Waals surface area contributed by atoms with Crippen molar-refractivity contribution in [3.8, 4) is 0 Å². The van der Waals surface area contributed by atoms with Crippen LogP contribution in [0.15, 0.2) is 11.1 Å². The predicted molar refractivity (Wildman–Crippen MR) is 58.8 cm³/mol. The second-order valence-corrected chi connectivity index (χ2v) is 4.12. The van der Waals surface area contributed by atoms with Gasteiger partial charge in [-0.3, -0.25) is 4.79 Å². The fourth-order valence-electron chi connectivity index (χ4n) is 2.38. The van der Waals surface area contributed by atoms with Crippen LogP contribution in [0.3, 0.4) is 0 Å². The highest BCUT2D eigenvalue weighted by atomic mass is 16.1. The predicted octanol–water partition coefficient (Wildman–Crippen LogP) is 0.929. The van der Waals surface area contributed by atoms with Gasteiger partial charge in [-0.1, -0.05) is 12.8 Å². The number of nitrogens with two attached hydrogens (primary N) is 1. The van der Waals surface area contributed by atoms with Crippen molar-refractivity contribution < 1.29 is 0 Å². The van der Waals surface area contributed by atoms with Crippen molar-refractivity contribution in [3.63, 3.8) is 0 Å². The van der Waals surface area contributed by atoms with E-state index in [1.165, 1.54) is 19.2 Å². The summed E-state index contributed by atoms with van der Waals surface area (Å²) >= 11 is 0. The molecule has 82 valence electrons. The molecule has 4 heteroatoms. The number of H-pyrrole nitrogens is 1. The number of hydrogen-bond acceptors (Lipinski definition) is 3. The SMILES string of the molecule is NCCc1c(C2CCCC2)nc[nH]c1=O. The lowest BCUT2D eigenvalue weighted by Gasteiger charge is -2.11. The lowest BCUT2D eigenvalue weighted by Crippen LogP contribution is -2.21. The number of aromatic nitrogens is 2. The minimum Gasteiger partial charge on any atom is -0.330 e. The molecule has 1 saturated carbocycles. The van der Waals surface area contributed by atoms with Crippen molar-refractivity contribution in [1.82, 2.24) is 9.97 Å². The quantitative estimate of drug-likeness (QED) is 0.774. The molecule has 0 amide bonds. The zero-order valence-electron chi connectivity index (χ0n) is 8.83. The maximum Gasteiger partial charge on any atom is 0.254 e. The van der Waals surface area contributed by atoms with Crippen LogP contribution >= 0.6 is 0 Å². The summed E-state index contributed by atoms with van der Waals surface area (Å²) in [6, 6.07) is 0. The Morgan fingerprint density at radius 3 is 2.87 bits per heavy atom. The summed E-state index contributed by atoms with van der Waals surface area (Å²) in [5.74, 6) is 0.480. The normalized spacial score (nSPS) is 17.1. The molecule has 1 heterocycles. The van der Waals surface area contributed by atoms with E-state index in [1.807, 2.05) is 0 Å². The van der Waals surface area contributed by atoms with Crippen molar-refractivity contribution in [3.05, 3.63) is 27.9 Å². The monoisotopic (exact) mass is 207 g/mol. The third-order valence-corrected chi connectivity index (χ3v) is 3.12. The van der Waals surface area contributed by atoms with Crippen LogP contribution in [0.2, 0.25) is 0 Å². The molecule has 1 aliphatic carbocycles. The van der Waals surface area contributed by atoms with Gasteiger partial charge in [0.2, 0.25) is 0 Å². The second kappa shape index (κ2) is 4.57. The molecule has 0 radical (unpaired) electrons. The fourth-order valence-corrected chi connectivity index (χ4v) is 2.38. The summed E-state index contributed by atoms with van der Waals surface area (Å²) in [5, 5.41) is 0. The summed E-state index contributed by atoms with van der Waals surface area (Å²) < 4.78 is 0. The lowest BCUT2D eigenvalue weighted by atomic mass is 9.98. The van der Waals surface area contributed by atoms with Gasteiger partial charge >= 0.3 is 0 Å². The van der Waals surface area contributed by atoms with Gasteiger partial charge in [0, 0.05) is 11.5 Å². The van der Waals surface area contributed by atoms with Crippen LogP contribution in [0, 0.1) is 0 Å². The van der Waals surface area contributed by atoms with Crippen molar-refractivity contribution >= 4 is 0 Å². The Morgan fingerprint density at radius 2 is 2.20 bits per heavy atom. The fraction of sp³-hybridized carbons (Fsp3) is 0.636. The van der Waals surface area contributed by atoms with E-state index in [0.29, 0.717) is 18.9 Å². The average Bonchev–Trinajstić information content (AvgIpc) is 2.74. The van der Waals surface area contributed by atoms with Crippen LogP contribution in [-0.4, -0.2) is 16.5 Å². The Kier molecular flexibility index (Phi) is 3.16. The Labute approximate surface area is 88.9 Å². The van der Waals surface area contributed by atoms with Gasteiger partial charge in [0.05, 0.1) is 12.0 Å². The number of nitrogens with zero attached hydrogens (tertiary/aromatic N) is 1. The lowest BCUT2D eigenvalue weighted by molar-refractivity contribution is 0.674. The average molecular weight is 207 g/mol.